The lowest BCUT2D eigenvalue weighted by atomic mass is 9.68. The van der Waals surface area contributed by atoms with Crippen molar-refractivity contribution < 1.29 is 4.79 Å². The van der Waals surface area contributed by atoms with E-state index in [1.165, 1.54) is 17.3 Å². The van der Waals surface area contributed by atoms with Gasteiger partial charge in [-0.1, -0.05) is 67.1 Å². The Hall–Kier alpha value is -2.86. The predicted octanol–water partition coefficient (Wildman–Crippen LogP) is 3.84. The second-order valence-corrected chi connectivity index (χ2v) is 9.11. The van der Waals surface area contributed by atoms with E-state index in [0.717, 1.165) is 54.6 Å². The van der Waals surface area contributed by atoms with Crippen LogP contribution in [0.3, 0.4) is 0 Å². The molecule has 5 rings (SSSR count). The molecule has 1 spiro atoms. The first kappa shape index (κ1) is 19.1. The van der Waals surface area contributed by atoms with Crippen LogP contribution in [0.15, 0.2) is 64.5 Å². The van der Waals surface area contributed by atoms with Crippen molar-refractivity contribution in [2.45, 2.75) is 42.7 Å². The number of nitrogens with two attached hydrogens (primary N) is 1. The van der Waals surface area contributed by atoms with Crippen molar-refractivity contribution in [1.29, 1.82) is 0 Å². The van der Waals surface area contributed by atoms with Gasteiger partial charge in [-0.25, -0.2) is 4.98 Å². The molecular formula is C24H23N3O2S. The molecule has 1 saturated carbocycles. The Kier molecular flexibility index (Phi) is 4.74. The molecule has 2 aromatic carbocycles. The van der Waals surface area contributed by atoms with Crippen molar-refractivity contribution in [3.63, 3.8) is 0 Å². The van der Waals surface area contributed by atoms with E-state index in [9.17, 15) is 9.59 Å². The number of carbonyl (C=O) groups excluding carboxylic acids is 1. The zero-order valence-electron chi connectivity index (χ0n) is 16.6. The van der Waals surface area contributed by atoms with Gasteiger partial charge in [0.1, 0.15) is 0 Å². The number of hydrogen-bond acceptors (Lipinski definition) is 4. The van der Waals surface area contributed by atoms with E-state index in [1.54, 1.807) is 4.57 Å². The first-order valence-corrected chi connectivity index (χ1v) is 11.3. The van der Waals surface area contributed by atoms with Crippen molar-refractivity contribution in [3.05, 3.63) is 76.1 Å². The zero-order chi connectivity index (χ0) is 20.7. The van der Waals surface area contributed by atoms with Gasteiger partial charge in [-0.2, -0.15) is 0 Å². The average Bonchev–Trinajstić information content (AvgIpc) is 3.21. The van der Waals surface area contributed by atoms with Gasteiger partial charge in [0.05, 0.1) is 22.7 Å². The van der Waals surface area contributed by atoms with Gasteiger partial charge in [-0.05, 0) is 37.0 Å². The lowest BCUT2D eigenvalue weighted by molar-refractivity contribution is -0.115. The van der Waals surface area contributed by atoms with Gasteiger partial charge in [-0.15, -0.1) is 0 Å². The number of hydrogen-bond donors (Lipinski definition) is 1. The number of aromatic nitrogens is 2. The summed E-state index contributed by atoms with van der Waals surface area (Å²) < 4.78 is 1.67. The van der Waals surface area contributed by atoms with Crippen LogP contribution in [0.4, 0.5) is 0 Å². The summed E-state index contributed by atoms with van der Waals surface area (Å²) in [5, 5.41) is 0.508. The highest BCUT2D eigenvalue weighted by Gasteiger charge is 2.44. The highest BCUT2D eigenvalue weighted by Crippen LogP contribution is 2.50. The van der Waals surface area contributed by atoms with Crippen LogP contribution in [0, 0.1) is 0 Å². The minimum absolute atomic E-state index is 0.0189. The number of thioether (sulfide) groups is 1. The smallest absolute Gasteiger partial charge is 0.263 e. The van der Waals surface area contributed by atoms with Crippen LogP contribution < -0.4 is 11.3 Å². The molecule has 0 unspecified atom stereocenters. The summed E-state index contributed by atoms with van der Waals surface area (Å²) in [6.07, 6.45) is 5.16. The summed E-state index contributed by atoms with van der Waals surface area (Å²) in [5.74, 6) is -0.357. The number of fused-ring (bicyclic) bond motifs is 4. The SMILES string of the molecule is NC(=O)CSc1nc2c(c(=O)n1-c1ccccc1)C1(CCCC1)Cc1ccccc1-2. The van der Waals surface area contributed by atoms with Crippen molar-refractivity contribution >= 4 is 17.7 Å². The Labute approximate surface area is 179 Å². The quantitative estimate of drug-likeness (QED) is 0.517. The van der Waals surface area contributed by atoms with Crippen LogP contribution in [0.5, 0.6) is 0 Å². The van der Waals surface area contributed by atoms with Gasteiger partial charge < -0.3 is 5.73 Å². The molecule has 1 amide bonds. The highest BCUT2D eigenvalue weighted by molar-refractivity contribution is 7.99. The van der Waals surface area contributed by atoms with Gasteiger partial charge in [0, 0.05) is 11.0 Å². The minimum atomic E-state index is -0.431. The van der Waals surface area contributed by atoms with Crippen molar-refractivity contribution in [2.75, 3.05) is 5.75 Å². The first-order valence-electron chi connectivity index (χ1n) is 10.3. The summed E-state index contributed by atoms with van der Waals surface area (Å²) in [5.41, 5.74) is 9.89. The Morgan fingerprint density at radius 2 is 1.77 bits per heavy atom. The molecule has 0 aliphatic heterocycles. The molecule has 1 heterocycles. The number of carbonyl (C=O) groups is 1. The fourth-order valence-electron chi connectivity index (χ4n) is 5.05. The summed E-state index contributed by atoms with van der Waals surface area (Å²) in [6.45, 7) is 0. The number of amides is 1. The second kappa shape index (κ2) is 7.43. The zero-order valence-corrected chi connectivity index (χ0v) is 17.5. The van der Waals surface area contributed by atoms with Gasteiger partial charge >= 0.3 is 0 Å². The number of para-hydroxylation sites is 1. The molecule has 2 N–H and O–H groups in total. The van der Waals surface area contributed by atoms with Crippen LogP contribution in [0.25, 0.3) is 16.9 Å². The Morgan fingerprint density at radius 1 is 1.07 bits per heavy atom. The summed E-state index contributed by atoms with van der Waals surface area (Å²) in [4.78, 5) is 30.5. The third-order valence-electron chi connectivity index (χ3n) is 6.30. The van der Waals surface area contributed by atoms with Gasteiger partial charge in [0.15, 0.2) is 5.16 Å². The van der Waals surface area contributed by atoms with E-state index in [-0.39, 0.29) is 16.7 Å². The highest BCUT2D eigenvalue weighted by atomic mass is 32.2. The van der Waals surface area contributed by atoms with Crippen LogP contribution >= 0.6 is 11.8 Å². The largest absolute Gasteiger partial charge is 0.369 e. The molecule has 6 heteroatoms. The van der Waals surface area contributed by atoms with Crippen molar-refractivity contribution in [3.8, 4) is 16.9 Å². The molecule has 2 aliphatic carbocycles. The van der Waals surface area contributed by atoms with Crippen LogP contribution in [0.1, 0.15) is 36.8 Å². The molecule has 0 radical (unpaired) electrons. The molecule has 1 fully saturated rings. The Morgan fingerprint density at radius 3 is 2.50 bits per heavy atom. The summed E-state index contributed by atoms with van der Waals surface area (Å²) in [6, 6.07) is 17.8. The number of benzene rings is 2. The van der Waals surface area contributed by atoms with E-state index < -0.39 is 5.91 Å². The summed E-state index contributed by atoms with van der Waals surface area (Å²) in [7, 11) is 0. The topological polar surface area (TPSA) is 78.0 Å². The average molecular weight is 418 g/mol. The third-order valence-corrected chi connectivity index (χ3v) is 7.26. The number of nitrogens with zero attached hydrogens (tertiary/aromatic N) is 2. The maximum Gasteiger partial charge on any atom is 0.263 e. The maximum absolute atomic E-state index is 14.0. The predicted molar refractivity (Wildman–Crippen MR) is 119 cm³/mol. The molecule has 2 aliphatic rings. The minimum Gasteiger partial charge on any atom is -0.369 e. The lowest BCUT2D eigenvalue weighted by Crippen LogP contribution is -2.40. The fraction of sp³-hybridized carbons (Fsp3) is 0.292. The van der Waals surface area contributed by atoms with Crippen LogP contribution in [-0.2, 0) is 16.6 Å². The fourth-order valence-corrected chi connectivity index (χ4v) is 5.79. The monoisotopic (exact) mass is 417 g/mol. The van der Waals surface area contributed by atoms with E-state index in [1.807, 2.05) is 36.4 Å². The van der Waals surface area contributed by atoms with E-state index in [0.29, 0.717) is 5.16 Å². The van der Waals surface area contributed by atoms with Gasteiger partial charge in [0.25, 0.3) is 5.56 Å². The Balaban J connectivity index is 1.82. The molecule has 0 atom stereocenters. The normalized spacial score (nSPS) is 16.3. The van der Waals surface area contributed by atoms with Crippen molar-refractivity contribution in [1.82, 2.24) is 9.55 Å². The van der Waals surface area contributed by atoms with E-state index in [2.05, 4.69) is 18.2 Å². The van der Waals surface area contributed by atoms with Crippen LogP contribution in [0.2, 0.25) is 0 Å². The lowest BCUT2D eigenvalue weighted by Gasteiger charge is -2.36. The molecular weight excluding hydrogens is 394 g/mol. The van der Waals surface area contributed by atoms with Gasteiger partial charge in [0.2, 0.25) is 5.91 Å². The summed E-state index contributed by atoms with van der Waals surface area (Å²) >= 11 is 1.22. The maximum atomic E-state index is 14.0. The standard InChI is InChI=1S/C24H23N3O2S/c25-19(28)15-30-23-26-21-18-11-5-4-8-16(18)14-24(12-6-7-13-24)20(21)22(29)27(23)17-9-2-1-3-10-17/h1-5,8-11H,6-7,12-15H2,(H2,25,28). The van der Waals surface area contributed by atoms with E-state index >= 15 is 0 Å². The molecule has 0 saturated heterocycles. The molecule has 5 nitrogen and oxygen atoms in total. The molecule has 0 bridgehead atoms. The second-order valence-electron chi connectivity index (χ2n) is 8.17. The Bertz CT molecular complexity index is 1180. The van der Waals surface area contributed by atoms with Crippen molar-refractivity contribution in [2.24, 2.45) is 5.73 Å². The molecule has 30 heavy (non-hydrogen) atoms. The molecule has 152 valence electrons. The van der Waals surface area contributed by atoms with Crippen LogP contribution in [-0.4, -0.2) is 21.2 Å². The van der Waals surface area contributed by atoms with Gasteiger partial charge in [-0.3, -0.25) is 14.2 Å². The number of primary amides is 1. The molecule has 1 aromatic heterocycles. The number of rotatable bonds is 4. The molecule has 3 aromatic rings. The van der Waals surface area contributed by atoms with E-state index in [4.69, 9.17) is 10.7 Å². The third kappa shape index (κ3) is 3.06. The first-order chi connectivity index (χ1) is 14.6.